The fourth-order valence-corrected chi connectivity index (χ4v) is 3.83. The lowest BCUT2D eigenvalue weighted by Crippen LogP contribution is -2.43. The number of aliphatic hydroxyl groups excluding tert-OH is 1. The zero-order chi connectivity index (χ0) is 16.0. The topological polar surface area (TPSA) is 49.8 Å². The quantitative estimate of drug-likeness (QED) is 0.840. The van der Waals surface area contributed by atoms with Crippen molar-refractivity contribution < 1.29 is 14.6 Å². The third kappa shape index (κ3) is 2.44. The Labute approximate surface area is 139 Å². The van der Waals surface area contributed by atoms with Crippen molar-refractivity contribution in [3.63, 3.8) is 0 Å². The van der Waals surface area contributed by atoms with Gasteiger partial charge in [-0.1, -0.05) is 29.3 Å². The summed E-state index contributed by atoms with van der Waals surface area (Å²) >= 11 is 12.1. The van der Waals surface area contributed by atoms with E-state index in [1.54, 1.807) is 12.1 Å². The minimum atomic E-state index is -0.565. The van der Waals surface area contributed by atoms with Gasteiger partial charge in [0.15, 0.2) is 0 Å². The molecule has 1 N–H and O–H groups in total. The average molecular weight is 342 g/mol. The highest BCUT2D eigenvalue weighted by Crippen LogP contribution is 2.43. The van der Waals surface area contributed by atoms with Crippen LogP contribution >= 0.6 is 23.2 Å². The molecule has 22 heavy (non-hydrogen) atoms. The van der Waals surface area contributed by atoms with E-state index in [0.717, 1.165) is 11.1 Å². The number of esters is 1. The minimum absolute atomic E-state index is 0.206. The molecule has 3 rings (SSSR count). The van der Waals surface area contributed by atoms with Crippen LogP contribution in [-0.2, 0) is 9.53 Å². The molecule has 1 aromatic carbocycles. The molecule has 1 fully saturated rings. The molecule has 0 spiro atoms. The van der Waals surface area contributed by atoms with Gasteiger partial charge in [0.05, 0.1) is 34.9 Å². The number of hydrogen-bond donors (Lipinski definition) is 1. The van der Waals surface area contributed by atoms with Gasteiger partial charge < -0.3 is 9.84 Å². The summed E-state index contributed by atoms with van der Waals surface area (Å²) in [5.41, 5.74) is 2.26. The molecular formula is C16H17Cl2NO3. The maximum atomic E-state index is 12.3. The molecule has 1 aromatic rings. The first-order chi connectivity index (χ1) is 10.4. The first-order valence-electron chi connectivity index (χ1n) is 7.10. The lowest BCUT2D eigenvalue weighted by molar-refractivity contribution is -0.137. The van der Waals surface area contributed by atoms with E-state index < -0.39 is 12.1 Å². The van der Waals surface area contributed by atoms with Gasteiger partial charge in [-0.2, -0.15) is 0 Å². The van der Waals surface area contributed by atoms with Crippen LogP contribution in [0.3, 0.4) is 0 Å². The van der Waals surface area contributed by atoms with Crippen LogP contribution in [0.15, 0.2) is 23.8 Å². The molecule has 2 aliphatic heterocycles. The molecule has 4 nitrogen and oxygen atoms in total. The first kappa shape index (κ1) is 15.8. The smallest absolute Gasteiger partial charge is 0.335 e. The third-order valence-corrected chi connectivity index (χ3v) is 5.37. The van der Waals surface area contributed by atoms with Crippen LogP contribution in [0.2, 0.25) is 10.0 Å². The summed E-state index contributed by atoms with van der Waals surface area (Å²) in [7, 11) is 3.29. The standard InChI is InChI=1S/C16H17Cl2NO3/c1-19-9-6-10(8-3-4-11(17)12(18)5-8)14(16(21)22-2)15(19)13(20)7-9/h3-5,9,13,15,20H,6-7H2,1-2H3/t9-,13+,15?/m0/s1. The van der Waals surface area contributed by atoms with Crippen molar-refractivity contribution in [2.24, 2.45) is 0 Å². The molecule has 2 bridgehead atoms. The minimum Gasteiger partial charge on any atom is -0.466 e. The Bertz CT molecular complexity index is 659. The molecule has 0 aromatic heterocycles. The lowest BCUT2D eigenvalue weighted by Gasteiger charge is -2.34. The van der Waals surface area contributed by atoms with Gasteiger partial charge in [-0.3, -0.25) is 4.90 Å². The number of rotatable bonds is 2. The highest BCUT2D eigenvalue weighted by atomic mass is 35.5. The Morgan fingerprint density at radius 2 is 2.09 bits per heavy atom. The number of fused-ring (bicyclic) bond motifs is 2. The second-order valence-electron chi connectivity index (χ2n) is 5.78. The zero-order valence-corrected chi connectivity index (χ0v) is 13.9. The van der Waals surface area contributed by atoms with E-state index in [-0.39, 0.29) is 12.1 Å². The van der Waals surface area contributed by atoms with Crippen LogP contribution in [0.1, 0.15) is 18.4 Å². The lowest BCUT2D eigenvalue weighted by atomic mass is 9.88. The highest BCUT2D eigenvalue weighted by Gasteiger charge is 2.47. The van der Waals surface area contributed by atoms with Crippen molar-refractivity contribution in [2.45, 2.75) is 31.0 Å². The maximum absolute atomic E-state index is 12.3. The van der Waals surface area contributed by atoms with E-state index in [4.69, 9.17) is 27.9 Å². The molecule has 0 aliphatic carbocycles. The van der Waals surface area contributed by atoms with Crippen molar-refractivity contribution >= 4 is 34.7 Å². The molecule has 0 saturated carbocycles. The van der Waals surface area contributed by atoms with E-state index in [1.165, 1.54) is 7.11 Å². The number of aliphatic hydroxyl groups is 1. The normalized spacial score (nSPS) is 28.1. The van der Waals surface area contributed by atoms with Crippen LogP contribution in [0, 0.1) is 0 Å². The molecule has 0 radical (unpaired) electrons. The van der Waals surface area contributed by atoms with Crippen LogP contribution < -0.4 is 0 Å². The third-order valence-electron chi connectivity index (χ3n) is 4.63. The fraction of sp³-hybridized carbons (Fsp3) is 0.438. The predicted molar refractivity (Wildman–Crippen MR) is 86.0 cm³/mol. The summed E-state index contributed by atoms with van der Waals surface area (Å²) in [4.78, 5) is 14.4. The van der Waals surface area contributed by atoms with Gasteiger partial charge in [0.25, 0.3) is 0 Å². The molecule has 6 heteroatoms. The second-order valence-corrected chi connectivity index (χ2v) is 6.60. The monoisotopic (exact) mass is 341 g/mol. The number of benzene rings is 1. The number of methoxy groups -OCH3 is 1. The molecule has 0 amide bonds. The number of carbonyl (C=O) groups excluding carboxylic acids is 1. The van der Waals surface area contributed by atoms with Crippen molar-refractivity contribution in [3.05, 3.63) is 39.4 Å². The van der Waals surface area contributed by atoms with E-state index in [9.17, 15) is 9.90 Å². The van der Waals surface area contributed by atoms with Crippen LogP contribution in [0.5, 0.6) is 0 Å². The van der Waals surface area contributed by atoms with E-state index in [1.807, 2.05) is 13.1 Å². The molecule has 1 saturated heterocycles. The number of likely N-dealkylation sites (N-methyl/N-ethyl adjacent to an activating group) is 1. The molecule has 3 atom stereocenters. The Kier molecular flexibility index (Phi) is 4.21. The molecule has 118 valence electrons. The highest BCUT2D eigenvalue weighted by molar-refractivity contribution is 6.42. The number of nitrogens with zero attached hydrogens (tertiary/aromatic N) is 1. The average Bonchev–Trinajstić information content (AvgIpc) is 2.68. The number of carbonyl (C=O) groups is 1. The second kappa shape index (κ2) is 5.85. The number of ether oxygens (including phenoxy) is 1. The van der Waals surface area contributed by atoms with E-state index in [0.29, 0.717) is 28.5 Å². The largest absolute Gasteiger partial charge is 0.466 e. The molecule has 2 aliphatic rings. The van der Waals surface area contributed by atoms with Gasteiger partial charge in [0, 0.05) is 6.04 Å². The van der Waals surface area contributed by atoms with Crippen molar-refractivity contribution in [1.82, 2.24) is 4.90 Å². The summed E-state index contributed by atoms with van der Waals surface area (Å²) in [6.45, 7) is 0. The summed E-state index contributed by atoms with van der Waals surface area (Å²) in [6.07, 6.45) is 0.753. The molecule has 2 heterocycles. The van der Waals surface area contributed by atoms with Gasteiger partial charge in [-0.05, 0) is 43.2 Å². The zero-order valence-electron chi connectivity index (χ0n) is 12.3. The maximum Gasteiger partial charge on any atom is 0.335 e. The predicted octanol–water partition coefficient (Wildman–Crippen LogP) is 2.76. The fourth-order valence-electron chi connectivity index (χ4n) is 3.53. The van der Waals surface area contributed by atoms with Crippen molar-refractivity contribution in [1.29, 1.82) is 0 Å². The van der Waals surface area contributed by atoms with E-state index in [2.05, 4.69) is 4.90 Å². The van der Waals surface area contributed by atoms with Gasteiger partial charge in [-0.15, -0.1) is 0 Å². The van der Waals surface area contributed by atoms with Gasteiger partial charge in [0.1, 0.15) is 0 Å². The Morgan fingerprint density at radius 1 is 1.36 bits per heavy atom. The molecular weight excluding hydrogens is 325 g/mol. The summed E-state index contributed by atoms with van der Waals surface area (Å²) in [5, 5.41) is 11.2. The van der Waals surface area contributed by atoms with Crippen molar-refractivity contribution in [2.75, 3.05) is 14.2 Å². The summed E-state index contributed by atoms with van der Waals surface area (Å²) in [6, 6.07) is 5.20. The Balaban J connectivity index is 2.16. The summed E-state index contributed by atoms with van der Waals surface area (Å²) < 4.78 is 4.95. The Morgan fingerprint density at radius 3 is 2.73 bits per heavy atom. The van der Waals surface area contributed by atoms with Crippen LogP contribution in [-0.4, -0.2) is 48.3 Å². The molecule has 1 unspecified atom stereocenters. The van der Waals surface area contributed by atoms with E-state index >= 15 is 0 Å². The number of halogens is 2. The van der Waals surface area contributed by atoms with Crippen molar-refractivity contribution in [3.8, 4) is 0 Å². The van der Waals surface area contributed by atoms with Crippen LogP contribution in [0.25, 0.3) is 5.57 Å². The van der Waals surface area contributed by atoms with Gasteiger partial charge >= 0.3 is 5.97 Å². The Hall–Kier alpha value is -1.07. The number of hydrogen-bond acceptors (Lipinski definition) is 4. The van der Waals surface area contributed by atoms with Crippen LogP contribution in [0.4, 0.5) is 0 Å². The first-order valence-corrected chi connectivity index (χ1v) is 7.86. The summed E-state index contributed by atoms with van der Waals surface area (Å²) in [5.74, 6) is -0.405. The van der Waals surface area contributed by atoms with Gasteiger partial charge in [-0.25, -0.2) is 4.79 Å². The van der Waals surface area contributed by atoms with Gasteiger partial charge in [0.2, 0.25) is 0 Å². The SMILES string of the molecule is COC(=O)C1=C(c2ccc(Cl)c(Cl)c2)C[C@H]2C[C@@H](O)C1N2C.